The first-order valence-corrected chi connectivity index (χ1v) is 14.2. The van der Waals surface area contributed by atoms with Crippen LogP contribution in [0.1, 0.15) is 61.3 Å². The van der Waals surface area contributed by atoms with E-state index >= 15 is 0 Å². The number of benzene rings is 1. The number of carbonyl (C=O) groups excluding carboxylic acids is 3. The van der Waals surface area contributed by atoms with Crippen molar-refractivity contribution in [1.29, 1.82) is 0 Å². The van der Waals surface area contributed by atoms with Crippen LogP contribution in [0.4, 0.5) is 0 Å². The van der Waals surface area contributed by atoms with Gasteiger partial charge in [0.1, 0.15) is 0 Å². The van der Waals surface area contributed by atoms with E-state index in [-0.39, 0.29) is 23.8 Å². The van der Waals surface area contributed by atoms with Crippen molar-refractivity contribution in [1.82, 2.24) is 19.4 Å². The van der Waals surface area contributed by atoms with E-state index in [1.54, 1.807) is 35.0 Å². The van der Waals surface area contributed by atoms with Gasteiger partial charge in [-0.3, -0.25) is 24.0 Å². The van der Waals surface area contributed by atoms with Gasteiger partial charge in [-0.05, 0) is 63.5 Å². The van der Waals surface area contributed by atoms with Crippen LogP contribution in [0.2, 0.25) is 5.02 Å². The molecule has 1 unspecified atom stereocenters. The molecule has 0 radical (unpaired) electrons. The summed E-state index contributed by atoms with van der Waals surface area (Å²) in [5.74, 6) is 5.74. The number of hydrogen-bond acceptors (Lipinski definition) is 6. The Morgan fingerprint density at radius 3 is 2.39 bits per heavy atom. The predicted octanol–water partition coefficient (Wildman–Crippen LogP) is 4.77. The van der Waals surface area contributed by atoms with Gasteiger partial charge in [0.15, 0.2) is 5.78 Å². The largest absolute Gasteiger partial charge is 0.345 e. The van der Waals surface area contributed by atoms with Crippen LogP contribution < -0.4 is 5.84 Å². The van der Waals surface area contributed by atoms with Gasteiger partial charge in [0, 0.05) is 62.0 Å². The van der Waals surface area contributed by atoms with Crippen LogP contribution in [-0.2, 0) is 4.79 Å². The van der Waals surface area contributed by atoms with Gasteiger partial charge in [-0.2, -0.15) is 0 Å². The molecule has 0 spiro atoms. The van der Waals surface area contributed by atoms with Gasteiger partial charge in [0.25, 0.3) is 5.91 Å². The maximum atomic E-state index is 13.5. The molecule has 2 amide bonds. The van der Waals surface area contributed by atoms with Crippen LogP contribution in [0.25, 0.3) is 10.9 Å². The third kappa shape index (κ3) is 7.01. The summed E-state index contributed by atoms with van der Waals surface area (Å²) in [4.78, 5) is 41.5. The molecule has 10 heteroatoms. The molecule has 2 saturated heterocycles. The molecule has 1 aromatic heterocycles. The van der Waals surface area contributed by atoms with E-state index in [0.717, 1.165) is 32.6 Å². The Morgan fingerprint density at radius 1 is 1.13 bits per heavy atom. The third-order valence-corrected chi connectivity index (χ3v) is 8.06. The van der Waals surface area contributed by atoms with Crippen molar-refractivity contribution in [2.75, 3.05) is 38.6 Å². The highest BCUT2D eigenvalue weighted by molar-refractivity contribution is 8.04. The SMILES string of the molecule is C=CS/C=C(\C)CN1CC(C)N(C(=O)c2cc3c(C(C)=O)cn(N)c3cc2Cl)C[C@@H]1C.O=CN1CCCC1. The number of Topliss-reactive ketones (excluding diaryl/α,β-unsaturated/α-hetero) is 1. The highest BCUT2D eigenvalue weighted by Crippen LogP contribution is 2.30. The maximum absolute atomic E-state index is 13.5. The van der Waals surface area contributed by atoms with E-state index < -0.39 is 0 Å². The zero-order valence-corrected chi connectivity index (χ0v) is 24.2. The fourth-order valence-electron chi connectivity index (χ4n) is 4.94. The Hall–Kier alpha value is -2.75. The van der Waals surface area contributed by atoms with Crippen molar-refractivity contribution in [3.8, 4) is 0 Å². The fraction of sp³-hybridized carbons (Fsp3) is 0.464. The summed E-state index contributed by atoms with van der Waals surface area (Å²) < 4.78 is 1.37. The summed E-state index contributed by atoms with van der Waals surface area (Å²) >= 11 is 8.06. The van der Waals surface area contributed by atoms with Gasteiger partial charge < -0.3 is 15.6 Å². The summed E-state index contributed by atoms with van der Waals surface area (Å²) in [5.41, 5.74) is 2.76. The number of piperazine rings is 1. The van der Waals surface area contributed by atoms with E-state index in [1.165, 1.54) is 30.0 Å². The molecule has 3 heterocycles. The van der Waals surface area contributed by atoms with Gasteiger partial charge in [0.2, 0.25) is 6.41 Å². The predicted molar refractivity (Wildman–Crippen MR) is 157 cm³/mol. The molecule has 8 nitrogen and oxygen atoms in total. The van der Waals surface area contributed by atoms with Crippen molar-refractivity contribution < 1.29 is 14.4 Å². The standard InChI is InChI=1S/C23H29ClN4O2S.C5H9NO/c1-6-31-13-14(2)9-26-10-16(4)27(11-15(26)3)23(30)19-7-18-20(17(5)29)12-28(25)22(18)8-21(19)24;7-5-6-3-1-2-4-6/h6-8,12-13,15-16H,1,9-11,25H2,2-5H3;5H,1-4H2/b14-13+;/t15-,16?;/m0./s1. The van der Waals surface area contributed by atoms with Crippen LogP contribution in [-0.4, -0.2) is 82.3 Å². The van der Waals surface area contributed by atoms with Gasteiger partial charge in [-0.25, -0.2) is 0 Å². The monoisotopic (exact) mass is 559 g/mol. The highest BCUT2D eigenvalue weighted by atomic mass is 35.5. The molecular weight excluding hydrogens is 522 g/mol. The van der Waals surface area contributed by atoms with Crippen molar-refractivity contribution in [3.63, 3.8) is 0 Å². The van der Waals surface area contributed by atoms with Crippen LogP contribution in [0.15, 0.2) is 41.3 Å². The molecule has 2 aliphatic rings. The van der Waals surface area contributed by atoms with Crippen LogP contribution in [0, 0.1) is 0 Å². The summed E-state index contributed by atoms with van der Waals surface area (Å²) in [6.45, 7) is 15.7. The molecule has 0 bridgehead atoms. The van der Waals surface area contributed by atoms with Crippen molar-refractivity contribution in [2.24, 2.45) is 0 Å². The van der Waals surface area contributed by atoms with Crippen molar-refractivity contribution >= 4 is 52.4 Å². The molecule has 2 aliphatic heterocycles. The van der Waals surface area contributed by atoms with E-state index in [2.05, 4.69) is 37.7 Å². The molecule has 2 fully saturated rings. The maximum Gasteiger partial charge on any atom is 0.255 e. The van der Waals surface area contributed by atoms with Gasteiger partial charge in [0.05, 0.1) is 16.1 Å². The van der Waals surface area contributed by atoms with Crippen molar-refractivity contribution in [3.05, 3.63) is 57.4 Å². The second kappa shape index (κ2) is 13.4. The molecule has 2 atom stereocenters. The second-order valence-electron chi connectivity index (χ2n) is 10.1. The number of aromatic nitrogens is 1. The molecule has 0 saturated carbocycles. The minimum Gasteiger partial charge on any atom is -0.345 e. The lowest BCUT2D eigenvalue weighted by Crippen LogP contribution is -2.58. The average Bonchev–Trinajstić information content (AvgIpc) is 3.52. The smallest absolute Gasteiger partial charge is 0.255 e. The number of carbonyl (C=O) groups is 3. The summed E-state index contributed by atoms with van der Waals surface area (Å²) in [6.07, 6.45) is 4.88. The second-order valence-corrected chi connectivity index (χ2v) is 11.3. The Kier molecular flexibility index (Phi) is 10.5. The lowest BCUT2D eigenvalue weighted by molar-refractivity contribution is -0.117. The number of amides is 2. The van der Waals surface area contributed by atoms with Crippen LogP contribution >= 0.6 is 23.4 Å². The summed E-state index contributed by atoms with van der Waals surface area (Å²) in [6, 6.07) is 3.59. The molecule has 4 rings (SSSR count). The molecule has 0 aliphatic carbocycles. The van der Waals surface area contributed by atoms with E-state index in [9.17, 15) is 14.4 Å². The molecule has 2 N–H and O–H groups in total. The highest BCUT2D eigenvalue weighted by Gasteiger charge is 2.33. The first kappa shape index (κ1) is 29.8. The van der Waals surface area contributed by atoms with E-state index in [1.807, 2.05) is 10.3 Å². The van der Waals surface area contributed by atoms with Gasteiger partial charge in [-0.15, -0.1) is 11.8 Å². The lowest BCUT2D eigenvalue weighted by atomic mass is 10.0. The Morgan fingerprint density at radius 2 is 1.82 bits per heavy atom. The fourth-order valence-corrected chi connectivity index (χ4v) is 5.58. The molecule has 1 aromatic carbocycles. The summed E-state index contributed by atoms with van der Waals surface area (Å²) in [7, 11) is 0. The number of halogens is 1. The first-order chi connectivity index (χ1) is 18.1. The number of fused-ring (bicyclic) bond motifs is 1. The molecule has 206 valence electrons. The average molecular weight is 560 g/mol. The molecule has 2 aromatic rings. The number of ketones is 1. The number of nitrogens with two attached hydrogens (primary N) is 1. The first-order valence-electron chi connectivity index (χ1n) is 12.8. The van der Waals surface area contributed by atoms with Crippen LogP contribution in [0.5, 0.6) is 0 Å². The zero-order valence-electron chi connectivity index (χ0n) is 22.7. The Labute approximate surface area is 234 Å². The zero-order chi connectivity index (χ0) is 28.0. The van der Waals surface area contributed by atoms with E-state index in [4.69, 9.17) is 17.4 Å². The molecular formula is C28H38ClN5O3S. The van der Waals surface area contributed by atoms with Crippen molar-refractivity contribution in [2.45, 2.75) is 52.6 Å². The number of nitrogen functional groups attached to an aromatic ring is 1. The third-order valence-electron chi connectivity index (χ3n) is 7.02. The molecule has 38 heavy (non-hydrogen) atoms. The summed E-state index contributed by atoms with van der Waals surface area (Å²) in [5, 5.41) is 4.89. The number of rotatable bonds is 7. The number of thioether (sulfide) groups is 1. The van der Waals surface area contributed by atoms with Gasteiger partial charge >= 0.3 is 0 Å². The normalized spacial score (nSPS) is 20.3. The number of nitrogens with zero attached hydrogens (tertiary/aromatic N) is 4. The lowest BCUT2D eigenvalue weighted by Gasteiger charge is -2.44. The van der Waals surface area contributed by atoms with Gasteiger partial charge in [-0.1, -0.05) is 23.8 Å². The van der Waals surface area contributed by atoms with E-state index in [0.29, 0.717) is 33.6 Å². The Balaban J connectivity index is 0.000000494. The number of likely N-dealkylation sites (tertiary alicyclic amines) is 1. The topological polar surface area (TPSA) is 91.9 Å². The minimum absolute atomic E-state index is 0.0294. The number of hydrogen-bond donors (Lipinski definition) is 1. The minimum atomic E-state index is -0.125. The van der Waals surface area contributed by atoms with Crippen LogP contribution in [0.3, 0.4) is 0 Å². The Bertz CT molecular complexity index is 1220. The quantitative estimate of drug-likeness (QED) is 0.298.